The van der Waals surface area contributed by atoms with Crippen LogP contribution in [-0.2, 0) is 0 Å². The number of thiol groups is 1. The largest absolute Gasteiger partial charge is 0.398 e. The van der Waals surface area contributed by atoms with Gasteiger partial charge in [0.15, 0.2) is 0 Å². The Morgan fingerprint density at radius 1 is 1.46 bits per heavy atom. The molecular formula is C8H11ClN2S2. The van der Waals surface area contributed by atoms with Crippen LogP contribution in [0.2, 0.25) is 5.02 Å². The lowest BCUT2D eigenvalue weighted by Gasteiger charge is -2.16. The smallest absolute Gasteiger partial charge is 0.0660 e. The predicted octanol–water partition coefficient (Wildman–Crippen LogP) is 2.93. The summed E-state index contributed by atoms with van der Waals surface area (Å²) in [5.74, 6) is 0. The van der Waals surface area contributed by atoms with E-state index in [1.807, 2.05) is 25.1 Å². The second-order valence-electron chi connectivity index (χ2n) is 2.83. The highest BCUT2D eigenvalue weighted by Crippen LogP contribution is 2.36. The van der Waals surface area contributed by atoms with Gasteiger partial charge in [-0.05, 0) is 12.1 Å². The van der Waals surface area contributed by atoms with Crippen LogP contribution < -0.4 is 10.6 Å². The van der Waals surface area contributed by atoms with Gasteiger partial charge in [0.1, 0.15) is 0 Å². The summed E-state index contributed by atoms with van der Waals surface area (Å²) < 4.78 is 0. The summed E-state index contributed by atoms with van der Waals surface area (Å²) in [5.41, 5.74) is 7.34. The molecule has 0 saturated carbocycles. The third-order valence-corrected chi connectivity index (χ3v) is 3.10. The molecule has 1 rings (SSSR count). The van der Waals surface area contributed by atoms with E-state index in [1.165, 1.54) is 10.8 Å². The monoisotopic (exact) mass is 234 g/mol. The summed E-state index contributed by atoms with van der Waals surface area (Å²) >= 11 is 10.1. The Balaban J connectivity index is 3.22. The molecule has 0 radical (unpaired) electrons. The van der Waals surface area contributed by atoms with Crippen LogP contribution in [0, 0.1) is 0 Å². The first-order valence-electron chi connectivity index (χ1n) is 3.64. The minimum atomic E-state index is 0.661. The normalized spacial score (nSPS) is 10.2. The van der Waals surface area contributed by atoms with E-state index in [0.29, 0.717) is 10.7 Å². The molecule has 72 valence electrons. The SMILES string of the molecule is CN(C)c1cc(SS)c(N)cc1Cl. The average molecular weight is 235 g/mol. The number of anilines is 2. The number of nitrogens with zero attached hydrogens (tertiary/aromatic N) is 1. The van der Waals surface area contributed by atoms with E-state index in [4.69, 9.17) is 17.3 Å². The van der Waals surface area contributed by atoms with E-state index in [1.54, 1.807) is 6.07 Å². The summed E-state index contributed by atoms with van der Waals surface area (Å²) in [6, 6.07) is 3.67. The number of halogens is 1. The highest BCUT2D eigenvalue weighted by molar-refractivity contribution is 8.68. The van der Waals surface area contributed by atoms with Gasteiger partial charge < -0.3 is 10.6 Å². The molecule has 0 bridgehead atoms. The van der Waals surface area contributed by atoms with E-state index >= 15 is 0 Å². The molecule has 0 fully saturated rings. The van der Waals surface area contributed by atoms with Gasteiger partial charge in [-0.3, -0.25) is 0 Å². The van der Waals surface area contributed by atoms with Crippen molar-refractivity contribution in [1.82, 2.24) is 0 Å². The van der Waals surface area contributed by atoms with Crippen LogP contribution in [0.4, 0.5) is 11.4 Å². The molecule has 0 atom stereocenters. The van der Waals surface area contributed by atoms with Gasteiger partial charge in [-0.2, -0.15) is 0 Å². The molecule has 0 unspecified atom stereocenters. The van der Waals surface area contributed by atoms with Gasteiger partial charge in [0.25, 0.3) is 0 Å². The van der Waals surface area contributed by atoms with Crippen molar-refractivity contribution in [3.63, 3.8) is 0 Å². The van der Waals surface area contributed by atoms with Crippen LogP contribution in [0.15, 0.2) is 17.0 Å². The Morgan fingerprint density at radius 3 is 2.54 bits per heavy atom. The molecule has 0 saturated heterocycles. The van der Waals surface area contributed by atoms with Crippen molar-refractivity contribution in [3.8, 4) is 0 Å². The van der Waals surface area contributed by atoms with Gasteiger partial charge in [-0.15, -0.1) is 11.7 Å². The number of hydrogen-bond donors (Lipinski definition) is 2. The molecule has 13 heavy (non-hydrogen) atoms. The zero-order valence-electron chi connectivity index (χ0n) is 7.41. The number of nitrogens with two attached hydrogens (primary N) is 1. The lowest BCUT2D eigenvalue weighted by molar-refractivity contribution is 1.12. The molecular weight excluding hydrogens is 224 g/mol. The van der Waals surface area contributed by atoms with Gasteiger partial charge >= 0.3 is 0 Å². The fourth-order valence-electron chi connectivity index (χ4n) is 0.980. The minimum absolute atomic E-state index is 0.661. The standard InChI is InChI=1S/C8H11ClN2S2/c1-11(2)7-4-8(13-12)6(10)3-5(7)9/h3-4,12H,10H2,1-2H3. The summed E-state index contributed by atoms with van der Waals surface area (Å²) in [6.45, 7) is 0. The van der Waals surface area contributed by atoms with Crippen LogP contribution in [0.3, 0.4) is 0 Å². The van der Waals surface area contributed by atoms with Gasteiger partial charge in [0, 0.05) is 24.7 Å². The number of rotatable bonds is 2. The maximum absolute atomic E-state index is 6.00. The van der Waals surface area contributed by atoms with Crippen molar-refractivity contribution >= 4 is 45.4 Å². The Bertz CT molecular complexity index is 315. The molecule has 0 heterocycles. The first-order valence-corrected chi connectivity index (χ1v) is 5.88. The number of benzene rings is 1. The van der Waals surface area contributed by atoms with E-state index in [9.17, 15) is 0 Å². The predicted molar refractivity (Wildman–Crippen MR) is 65.0 cm³/mol. The van der Waals surface area contributed by atoms with Crippen molar-refractivity contribution < 1.29 is 0 Å². The van der Waals surface area contributed by atoms with E-state index in [2.05, 4.69) is 11.7 Å². The van der Waals surface area contributed by atoms with E-state index < -0.39 is 0 Å². The van der Waals surface area contributed by atoms with Crippen LogP contribution in [0.5, 0.6) is 0 Å². The average Bonchev–Trinajstić information content (AvgIpc) is 2.03. The molecule has 0 amide bonds. The van der Waals surface area contributed by atoms with Gasteiger partial charge in [0.2, 0.25) is 0 Å². The van der Waals surface area contributed by atoms with Crippen molar-refractivity contribution in [3.05, 3.63) is 17.2 Å². The molecule has 0 aliphatic rings. The summed E-state index contributed by atoms with van der Waals surface area (Å²) in [4.78, 5) is 2.87. The topological polar surface area (TPSA) is 29.3 Å². The second-order valence-corrected chi connectivity index (χ2v) is 4.40. The third kappa shape index (κ3) is 2.39. The Hall–Kier alpha value is -0.190. The summed E-state index contributed by atoms with van der Waals surface area (Å²) in [7, 11) is 5.19. The molecule has 5 heteroatoms. The lowest BCUT2D eigenvalue weighted by Crippen LogP contribution is -2.09. The Morgan fingerprint density at radius 2 is 2.08 bits per heavy atom. The van der Waals surface area contributed by atoms with Crippen LogP contribution in [0.25, 0.3) is 0 Å². The molecule has 1 aromatic carbocycles. The minimum Gasteiger partial charge on any atom is -0.398 e. The van der Waals surface area contributed by atoms with Crippen molar-refractivity contribution in [2.45, 2.75) is 4.90 Å². The fourth-order valence-corrected chi connectivity index (χ4v) is 2.12. The molecule has 2 N–H and O–H groups in total. The van der Waals surface area contributed by atoms with Crippen LogP contribution in [-0.4, -0.2) is 14.1 Å². The highest BCUT2D eigenvalue weighted by Gasteiger charge is 2.07. The zero-order valence-corrected chi connectivity index (χ0v) is 9.88. The molecule has 0 aliphatic heterocycles. The first kappa shape index (κ1) is 10.9. The molecule has 2 nitrogen and oxygen atoms in total. The molecule has 0 spiro atoms. The fraction of sp³-hybridized carbons (Fsp3) is 0.250. The number of hydrogen-bond acceptors (Lipinski definition) is 4. The van der Waals surface area contributed by atoms with Gasteiger partial charge in [-0.1, -0.05) is 22.4 Å². The highest BCUT2D eigenvalue weighted by atomic mass is 35.5. The molecule has 0 aliphatic carbocycles. The summed E-state index contributed by atoms with van der Waals surface area (Å²) in [6.07, 6.45) is 0. The molecule has 0 aromatic heterocycles. The Labute approximate surface area is 92.2 Å². The quantitative estimate of drug-likeness (QED) is 0.469. The summed E-state index contributed by atoms with van der Waals surface area (Å²) in [5, 5.41) is 0.661. The zero-order chi connectivity index (χ0) is 10.0. The number of nitrogen functional groups attached to an aromatic ring is 1. The van der Waals surface area contributed by atoms with Crippen LogP contribution in [0.1, 0.15) is 0 Å². The molecule has 1 aromatic rings. The first-order chi connectivity index (χ1) is 6.06. The van der Waals surface area contributed by atoms with Crippen molar-refractivity contribution in [2.24, 2.45) is 0 Å². The second kappa shape index (κ2) is 4.35. The van der Waals surface area contributed by atoms with Crippen molar-refractivity contribution in [1.29, 1.82) is 0 Å². The van der Waals surface area contributed by atoms with Crippen LogP contribution >= 0.6 is 34.1 Å². The lowest BCUT2D eigenvalue weighted by atomic mass is 10.2. The van der Waals surface area contributed by atoms with E-state index in [0.717, 1.165) is 10.6 Å². The Kier molecular flexibility index (Phi) is 3.64. The van der Waals surface area contributed by atoms with Gasteiger partial charge in [0.05, 0.1) is 10.7 Å². The third-order valence-electron chi connectivity index (χ3n) is 1.66. The van der Waals surface area contributed by atoms with Gasteiger partial charge in [-0.25, -0.2) is 0 Å². The maximum atomic E-state index is 6.00. The van der Waals surface area contributed by atoms with E-state index in [-0.39, 0.29) is 0 Å². The maximum Gasteiger partial charge on any atom is 0.0660 e. The van der Waals surface area contributed by atoms with Crippen molar-refractivity contribution in [2.75, 3.05) is 24.7 Å².